The van der Waals surface area contributed by atoms with Gasteiger partial charge in [-0.2, -0.15) is 0 Å². The molecule has 0 aliphatic carbocycles. The lowest BCUT2D eigenvalue weighted by molar-refractivity contribution is -0.167. The van der Waals surface area contributed by atoms with E-state index in [1.807, 2.05) is 0 Å². The van der Waals surface area contributed by atoms with Crippen molar-refractivity contribution >= 4 is 17.9 Å². The highest BCUT2D eigenvalue weighted by atomic mass is 16.6. The number of hydrogen-bond donors (Lipinski definition) is 0. The number of carbonyl (C=O) groups is 3. The van der Waals surface area contributed by atoms with Gasteiger partial charge >= 0.3 is 17.9 Å². The molecule has 0 N–H and O–H groups in total. The van der Waals surface area contributed by atoms with Crippen LogP contribution >= 0.6 is 0 Å². The second kappa shape index (κ2) is 52.3. The average molecular weight is 885 g/mol. The minimum atomic E-state index is -0.788. The zero-order valence-electron chi connectivity index (χ0n) is 42.1. The fourth-order valence-electron chi connectivity index (χ4n) is 7.91. The molecule has 0 aromatic carbocycles. The summed E-state index contributed by atoms with van der Waals surface area (Å²) in [6, 6.07) is 0. The van der Waals surface area contributed by atoms with Gasteiger partial charge in [0.2, 0.25) is 0 Å². The average Bonchev–Trinajstić information content (AvgIpc) is 3.28. The molecular weight excluding hydrogens is 781 g/mol. The highest BCUT2D eigenvalue weighted by Crippen LogP contribution is 2.15. The normalized spacial score (nSPS) is 12.2. The largest absolute Gasteiger partial charge is 0.462 e. The van der Waals surface area contributed by atoms with Crippen LogP contribution in [-0.4, -0.2) is 37.2 Å². The first kappa shape index (κ1) is 60.6. The molecule has 0 saturated heterocycles. The van der Waals surface area contributed by atoms with E-state index < -0.39 is 6.10 Å². The number of carbonyl (C=O) groups excluding carboxylic acids is 3. The quantitative estimate of drug-likeness (QED) is 0.0262. The molecule has 0 aliphatic rings. The van der Waals surface area contributed by atoms with E-state index in [2.05, 4.69) is 57.2 Å². The van der Waals surface area contributed by atoms with Crippen molar-refractivity contribution in [2.45, 2.75) is 297 Å². The highest BCUT2D eigenvalue weighted by Gasteiger charge is 2.19. The summed E-state index contributed by atoms with van der Waals surface area (Å²) in [4.78, 5) is 37.9. The third kappa shape index (κ3) is 50.5. The topological polar surface area (TPSA) is 78.9 Å². The number of esters is 3. The lowest BCUT2D eigenvalue weighted by atomic mass is 10.1. The van der Waals surface area contributed by atoms with Gasteiger partial charge in [0.15, 0.2) is 6.10 Å². The summed E-state index contributed by atoms with van der Waals surface area (Å²) in [5, 5.41) is 0. The molecule has 0 saturated carbocycles. The van der Waals surface area contributed by atoms with Gasteiger partial charge in [0, 0.05) is 19.3 Å². The third-order valence-electron chi connectivity index (χ3n) is 12.1. The standard InChI is InChI=1S/C57H104O6/c1-4-7-10-13-16-19-21-23-25-27-29-31-33-35-38-41-44-47-50-56(59)62-53-54(52-61-55(58)49-46-43-40-37-18-15-12-9-6-3)63-57(60)51-48-45-42-39-36-34-32-30-28-26-24-22-20-17-14-11-8-5-2/h29-32,37,40,54H,4-28,33-36,38-39,41-53H2,1-3H3/b31-29-,32-30-,40-37-. The monoisotopic (exact) mass is 885 g/mol. The van der Waals surface area contributed by atoms with Crippen molar-refractivity contribution < 1.29 is 28.6 Å². The predicted molar refractivity (Wildman–Crippen MR) is 270 cm³/mol. The zero-order chi connectivity index (χ0) is 45.8. The van der Waals surface area contributed by atoms with Crippen LogP contribution in [0.3, 0.4) is 0 Å². The van der Waals surface area contributed by atoms with Crippen molar-refractivity contribution in [1.29, 1.82) is 0 Å². The van der Waals surface area contributed by atoms with E-state index >= 15 is 0 Å². The van der Waals surface area contributed by atoms with Crippen molar-refractivity contribution in [3.8, 4) is 0 Å². The van der Waals surface area contributed by atoms with Gasteiger partial charge in [-0.25, -0.2) is 0 Å². The first-order valence-electron chi connectivity index (χ1n) is 27.5. The van der Waals surface area contributed by atoms with Crippen LogP contribution in [0.4, 0.5) is 0 Å². The molecule has 0 spiro atoms. The second-order valence-corrected chi connectivity index (χ2v) is 18.5. The molecule has 0 aliphatic heterocycles. The van der Waals surface area contributed by atoms with Crippen LogP contribution in [0.1, 0.15) is 290 Å². The summed E-state index contributed by atoms with van der Waals surface area (Å²) in [5.74, 6) is -0.929. The highest BCUT2D eigenvalue weighted by molar-refractivity contribution is 5.71. The zero-order valence-corrected chi connectivity index (χ0v) is 42.1. The maximum Gasteiger partial charge on any atom is 0.306 e. The number of unbranched alkanes of at least 4 members (excludes halogenated alkanes) is 33. The van der Waals surface area contributed by atoms with Crippen LogP contribution in [0.2, 0.25) is 0 Å². The summed E-state index contributed by atoms with van der Waals surface area (Å²) in [5.41, 5.74) is 0. The van der Waals surface area contributed by atoms with Gasteiger partial charge in [-0.05, 0) is 89.9 Å². The molecule has 63 heavy (non-hydrogen) atoms. The van der Waals surface area contributed by atoms with Crippen LogP contribution in [-0.2, 0) is 28.6 Å². The summed E-state index contributed by atoms with van der Waals surface area (Å²) >= 11 is 0. The van der Waals surface area contributed by atoms with Gasteiger partial charge in [0.05, 0.1) is 0 Å². The Labute approximate surface area is 391 Å². The number of ether oxygens (including phenoxy) is 3. The van der Waals surface area contributed by atoms with E-state index in [4.69, 9.17) is 14.2 Å². The van der Waals surface area contributed by atoms with E-state index in [0.29, 0.717) is 19.3 Å². The first-order valence-corrected chi connectivity index (χ1v) is 27.5. The summed E-state index contributed by atoms with van der Waals surface area (Å²) < 4.78 is 16.8. The van der Waals surface area contributed by atoms with Crippen LogP contribution in [0, 0.1) is 0 Å². The van der Waals surface area contributed by atoms with Gasteiger partial charge in [-0.15, -0.1) is 0 Å². The second-order valence-electron chi connectivity index (χ2n) is 18.5. The Morgan fingerprint density at radius 3 is 0.873 bits per heavy atom. The third-order valence-corrected chi connectivity index (χ3v) is 12.1. The van der Waals surface area contributed by atoms with Crippen LogP contribution in [0.25, 0.3) is 0 Å². The molecule has 368 valence electrons. The van der Waals surface area contributed by atoms with E-state index in [0.717, 1.165) is 77.0 Å². The Bertz CT molecular complexity index is 1060. The van der Waals surface area contributed by atoms with Crippen LogP contribution in [0.5, 0.6) is 0 Å². The molecule has 0 bridgehead atoms. The molecule has 1 unspecified atom stereocenters. The van der Waals surface area contributed by atoms with Crippen molar-refractivity contribution in [3.63, 3.8) is 0 Å². The Morgan fingerprint density at radius 1 is 0.302 bits per heavy atom. The van der Waals surface area contributed by atoms with Gasteiger partial charge in [-0.1, -0.05) is 218 Å². The predicted octanol–water partition coefficient (Wildman–Crippen LogP) is 18.1. The van der Waals surface area contributed by atoms with Crippen LogP contribution in [0.15, 0.2) is 36.5 Å². The van der Waals surface area contributed by atoms with Gasteiger partial charge < -0.3 is 14.2 Å². The first-order chi connectivity index (χ1) is 31.0. The molecule has 6 nitrogen and oxygen atoms in total. The maximum absolute atomic E-state index is 12.8. The SMILES string of the molecule is CCCCCC/C=C\CCCC(=O)OCC(COC(=O)CCCCCCC/C=C\CCCCCCCCCCC)OC(=O)CCCCCCC/C=C\CCCCCCCCCCC. The van der Waals surface area contributed by atoms with Crippen molar-refractivity contribution in [1.82, 2.24) is 0 Å². The Balaban J connectivity index is 4.31. The lowest BCUT2D eigenvalue weighted by Crippen LogP contribution is -2.30. The van der Waals surface area contributed by atoms with E-state index in [1.54, 1.807) is 0 Å². The molecule has 0 heterocycles. The Hall–Kier alpha value is -2.37. The minimum absolute atomic E-state index is 0.0867. The number of hydrogen-bond acceptors (Lipinski definition) is 6. The smallest absolute Gasteiger partial charge is 0.306 e. The number of rotatable bonds is 50. The molecule has 0 amide bonds. The number of allylic oxidation sites excluding steroid dienone is 6. The van der Waals surface area contributed by atoms with Gasteiger partial charge in [-0.3, -0.25) is 14.4 Å². The summed E-state index contributed by atoms with van der Waals surface area (Å²) in [6.07, 6.45) is 61.5. The molecule has 0 radical (unpaired) electrons. The van der Waals surface area contributed by atoms with Crippen molar-refractivity contribution in [3.05, 3.63) is 36.5 Å². The molecule has 0 aromatic rings. The minimum Gasteiger partial charge on any atom is -0.462 e. The molecule has 0 fully saturated rings. The Morgan fingerprint density at radius 2 is 0.540 bits per heavy atom. The lowest BCUT2D eigenvalue weighted by Gasteiger charge is -2.18. The molecule has 1 atom stereocenters. The van der Waals surface area contributed by atoms with Crippen molar-refractivity contribution in [2.24, 2.45) is 0 Å². The summed E-state index contributed by atoms with van der Waals surface area (Å²) in [7, 11) is 0. The van der Waals surface area contributed by atoms with E-state index in [9.17, 15) is 14.4 Å². The van der Waals surface area contributed by atoms with E-state index in [-0.39, 0.29) is 31.1 Å². The van der Waals surface area contributed by atoms with Crippen molar-refractivity contribution in [2.75, 3.05) is 13.2 Å². The van der Waals surface area contributed by atoms with Crippen LogP contribution < -0.4 is 0 Å². The summed E-state index contributed by atoms with van der Waals surface area (Å²) in [6.45, 7) is 6.59. The molecule has 6 heteroatoms. The maximum atomic E-state index is 12.8. The molecule has 0 aromatic heterocycles. The molecular formula is C57H104O6. The fourth-order valence-corrected chi connectivity index (χ4v) is 7.91. The van der Waals surface area contributed by atoms with Gasteiger partial charge in [0.1, 0.15) is 13.2 Å². The molecule has 0 rings (SSSR count). The Kier molecular flexibility index (Phi) is 50.3. The van der Waals surface area contributed by atoms with E-state index in [1.165, 1.54) is 173 Å². The van der Waals surface area contributed by atoms with Gasteiger partial charge in [0.25, 0.3) is 0 Å². The fraction of sp³-hybridized carbons (Fsp3) is 0.842.